The van der Waals surface area contributed by atoms with E-state index in [9.17, 15) is 20.0 Å². The summed E-state index contributed by atoms with van der Waals surface area (Å²) in [6.07, 6.45) is 0.893. The molecule has 2 aromatic rings. The molecule has 1 aliphatic carbocycles. The number of benzene rings is 2. The number of halogens is 1. The monoisotopic (exact) mass is 435 g/mol. The third kappa shape index (κ3) is 3.55. The summed E-state index contributed by atoms with van der Waals surface area (Å²) in [6, 6.07) is 11.0. The molecule has 0 spiro atoms. The van der Waals surface area contributed by atoms with Gasteiger partial charge in [-0.2, -0.15) is 5.26 Å². The number of hydrogen-bond donors (Lipinski definition) is 2. The number of nitriles is 1. The molecule has 0 bridgehead atoms. The van der Waals surface area contributed by atoms with Gasteiger partial charge >= 0.3 is 0 Å². The lowest BCUT2D eigenvalue weighted by Gasteiger charge is -2.37. The van der Waals surface area contributed by atoms with Gasteiger partial charge in [0.25, 0.3) is 0 Å². The van der Waals surface area contributed by atoms with Gasteiger partial charge < -0.3 is 10.4 Å². The minimum Gasteiger partial charge on any atom is -0.506 e. The summed E-state index contributed by atoms with van der Waals surface area (Å²) in [6.45, 7) is 5.44. The molecule has 0 fully saturated rings. The van der Waals surface area contributed by atoms with Crippen LogP contribution in [-0.4, -0.2) is 16.8 Å². The Morgan fingerprint density at radius 3 is 2.68 bits per heavy atom. The van der Waals surface area contributed by atoms with Crippen LogP contribution in [0.3, 0.4) is 0 Å². The van der Waals surface area contributed by atoms with Crippen molar-refractivity contribution in [1.82, 2.24) is 0 Å². The molecule has 6 nitrogen and oxygen atoms in total. The molecule has 4 rings (SSSR count). The molecule has 1 heterocycles. The zero-order chi connectivity index (χ0) is 22.5. The number of carbonyl (C=O) groups excluding carboxylic acids is 2. The van der Waals surface area contributed by atoms with Crippen LogP contribution in [0.15, 0.2) is 47.7 Å². The lowest BCUT2D eigenvalue weighted by Crippen LogP contribution is -2.38. The first-order chi connectivity index (χ1) is 14.6. The third-order valence-corrected chi connectivity index (χ3v) is 6.10. The number of phenolic OH excluding ortho intramolecular Hbond substituents is 1. The summed E-state index contributed by atoms with van der Waals surface area (Å²) in [5, 5.41) is 23.4. The molecule has 31 heavy (non-hydrogen) atoms. The Hall–Kier alpha value is -3.30. The molecule has 0 aromatic heterocycles. The number of allylic oxidation sites excluding steroid dienone is 1. The Labute approximate surface area is 185 Å². The highest BCUT2D eigenvalue weighted by Gasteiger charge is 2.43. The summed E-state index contributed by atoms with van der Waals surface area (Å²) in [5.74, 6) is -0.397. The Morgan fingerprint density at radius 1 is 1.29 bits per heavy atom. The minimum absolute atomic E-state index is 0.0157. The van der Waals surface area contributed by atoms with E-state index in [2.05, 4.69) is 11.4 Å². The van der Waals surface area contributed by atoms with Gasteiger partial charge in [-0.25, -0.2) is 0 Å². The topological polar surface area (TPSA) is 93.4 Å². The van der Waals surface area contributed by atoms with Crippen LogP contribution in [0.25, 0.3) is 0 Å². The van der Waals surface area contributed by atoms with Gasteiger partial charge in [0.1, 0.15) is 11.4 Å². The van der Waals surface area contributed by atoms with Gasteiger partial charge in [0.05, 0.1) is 23.4 Å². The van der Waals surface area contributed by atoms with E-state index >= 15 is 0 Å². The van der Waals surface area contributed by atoms with Gasteiger partial charge in [0.2, 0.25) is 5.91 Å². The van der Waals surface area contributed by atoms with E-state index in [1.54, 1.807) is 24.3 Å². The predicted octanol–water partition coefficient (Wildman–Crippen LogP) is 5.08. The number of rotatable bonds is 1. The maximum absolute atomic E-state index is 13.4. The number of Topliss-reactive ketones (excluding diaryl/α,β-unsaturated/α-hetero) is 1. The average Bonchev–Trinajstić information content (AvgIpc) is 2.82. The second-order valence-electron chi connectivity index (χ2n) is 8.77. The molecule has 0 saturated heterocycles. The fourth-order valence-electron chi connectivity index (χ4n) is 4.50. The van der Waals surface area contributed by atoms with Crippen molar-refractivity contribution in [3.05, 3.63) is 63.8 Å². The summed E-state index contributed by atoms with van der Waals surface area (Å²) in [4.78, 5) is 27.9. The summed E-state index contributed by atoms with van der Waals surface area (Å²) < 4.78 is 0. The van der Waals surface area contributed by atoms with E-state index in [0.29, 0.717) is 51.6 Å². The second kappa shape index (κ2) is 7.44. The van der Waals surface area contributed by atoms with Crippen LogP contribution in [0.5, 0.6) is 5.75 Å². The maximum atomic E-state index is 13.4. The van der Waals surface area contributed by atoms with Crippen molar-refractivity contribution in [2.24, 2.45) is 5.41 Å². The van der Waals surface area contributed by atoms with E-state index in [1.165, 1.54) is 24.0 Å². The van der Waals surface area contributed by atoms with Gasteiger partial charge in [0, 0.05) is 29.6 Å². The minimum atomic E-state index is -0.785. The van der Waals surface area contributed by atoms with Gasteiger partial charge in [-0.3, -0.25) is 14.5 Å². The second-order valence-corrected chi connectivity index (χ2v) is 9.18. The molecule has 158 valence electrons. The molecular weight excluding hydrogens is 414 g/mol. The number of anilines is 2. The molecule has 7 heteroatoms. The molecule has 0 radical (unpaired) electrons. The van der Waals surface area contributed by atoms with Crippen LogP contribution in [0.1, 0.15) is 50.8 Å². The van der Waals surface area contributed by atoms with Gasteiger partial charge in [0.15, 0.2) is 5.78 Å². The Bertz CT molecular complexity index is 1190. The Balaban J connectivity index is 2.06. The van der Waals surface area contributed by atoms with E-state index < -0.39 is 6.04 Å². The zero-order valence-corrected chi connectivity index (χ0v) is 18.2. The fourth-order valence-corrected chi connectivity index (χ4v) is 4.79. The van der Waals surface area contributed by atoms with E-state index in [-0.39, 0.29) is 22.9 Å². The zero-order valence-electron chi connectivity index (χ0n) is 17.5. The van der Waals surface area contributed by atoms with Crippen LogP contribution in [0.2, 0.25) is 5.02 Å². The fraction of sp³-hybridized carbons (Fsp3) is 0.292. The molecule has 0 saturated carbocycles. The number of ketones is 1. The normalized spacial score (nSPS) is 19.6. The first-order valence-electron chi connectivity index (χ1n) is 9.97. The maximum Gasteiger partial charge on any atom is 0.224 e. The number of fused-ring (bicyclic) bond motifs is 1. The van der Waals surface area contributed by atoms with Crippen molar-refractivity contribution in [3.8, 4) is 11.8 Å². The number of para-hydroxylation sites is 1. The van der Waals surface area contributed by atoms with Crippen LogP contribution in [0, 0.1) is 16.7 Å². The van der Waals surface area contributed by atoms with Crippen molar-refractivity contribution in [3.63, 3.8) is 0 Å². The largest absolute Gasteiger partial charge is 0.506 e. The van der Waals surface area contributed by atoms with Crippen LogP contribution in [-0.2, 0) is 9.59 Å². The predicted molar refractivity (Wildman–Crippen MR) is 119 cm³/mol. The van der Waals surface area contributed by atoms with E-state index in [0.717, 1.165) is 0 Å². The summed E-state index contributed by atoms with van der Waals surface area (Å²) >= 11 is 6.57. The van der Waals surface area contributed by atoms with Crippen molar-refractivity contribution >= 4 is 34.7 Å². The number of nitrogens with one attached hydrogen (secondary N) is 1. The first-order valence-corrected chi connectivity index (χ1v) is 10.4. The number of hydrogen-bond acceptors (Lipinski definition) is 5. The Kier molecular flexibility index (Phi) is 5.03. The molecule has 1 amide bonds. The van der Waals surface area contributed by atoms with Crippen molar-refractivity contribution in [1.29, 1.82) is 5.26 Å². The highest BCUT2D eigenvalue weighted by Crippen LogP contribution is 2.51. The number of amides is 1. The molecular formula is C24H22ClN3O3. The lowest BCUT2D eigenvalue weighted by molar-refractivity contribution is -0.118. The van der Waals surface area contributed by atoms with Crippen molar-refractivity contribution < 1.29 is 14.7 Å². The molecule has 1 atom stereocenters. The molecule has 1 aliphatic heterocycles. The quantitative estimate of drug-likeness (QED) is 0.609. The number of carbonyl (C=O) groups is 2. The third-order valence-electron chi connectivity index (χ3n) is 5.77. The molecule has 2 N–H and O–H groups in total. The van der Waals surface area contributed by atoms with Gasteiger partial charge in [-0.05, 0) is 41.7 Å². The average molecular weight is 436 g/mol. The first kappa shape index (κ1) is 21.0. The lowest BCUT2D eigenvalue weighted by atomic mass is 9.73. The van der Waals surface area contributed by atoms with Crippen molar-refractivity contribution in [2.45, 2.75) is 39.7 Å². The van der Waals surface area contributed by atoms with Crippen LogP contribution in [0.4, 0.5) is 11.4 Å². The standard InChI is InChI=1S/C24H22ClN3O3/c1-13(29)28-18-5-4-6-19(30)22(18)27-17-10-24(2,3)11-20(31)21(17)23(28)15-8-7-14(12-26)9-16(15)25/h4-9,23,27,30H,10-11H2,1-3H3. The summed E-state index contributed by atoms with van der Waals surface area (Å²) in [7, 11) is 0. The highest BCUT2D eigenvalue weighted by atomic mass is 35.5. The SMILES string of the molecule is CC(=O)N1c2cccc(O)c2NC2=C(C(=O)CC(C)(C)C2)C1c1ccc(C#N)cc1Cl. The smallest absolute Gasteiger partial charge is 0.224 e. The van der Waals surface area contributed by atoms with E-state index in [1.807, 2.05) is 13.8 Å². The van der Waals surface area contributed by atoms with Crippen LogP contribution >= 0.6 is 11.6 Å². The molecule has 2 aliphatic rings. The van der Waals surface area contributed by atoms with Crippen LogP contribution < -0.4 is 10.2 Å². The number of aromatic hydroxyl groups is 1. The van der Waals surface area contributed by atoms with Gasteiger partial charge in [-0.1, -0.05) is 37.6 Å². The number of phenols is 1. The molecule has 1 unspecified atom stereocenters. The Morgan fingerprint density at radius 2 is 2.03 bits per heavy atom. The van der Waals surface area contributed by atoms with E-state index in [4.69, 9.17) is 11.6 Å². The summed E-state index contributed by atoms with van der Waals surface area (Å²) in [5.41, 5.74) is 2.61. The molecule has 2 aromatic carbocycles. The van der Waals surface area contributed by atoms with Crippen molar-refractivity contribution in [2.75, 3.05) is 10.2 Å². The highest BCUT2D eigenvalue weighted by molar-refractivity contribution is 6.31. The van der Waals surface area contributed by atoms with Gasteiger partial charge in [-0.15, -0.1) is 0 Å². The number of nitrogens with zero attached hydrogens (tertiary/aromatic N) is 2.